The van der Waals surface area contributed by atoms with E-state index in [1.807, 2.05) is 26.8 Å². The van der Waals surface area contributed by atoms with Crippen LogP contribution in [0.3, 0.4) is 0 Å². The third-order valence-electron chi connectivity index (χ3n) is 2.79. The molecule has 0 aliphatic heterocycles. The number of carbonyl (C=O) groups excluding carboxylic acids is 1. The minimum absolute atomic E-state index is 0.190. The fraction of sp³-hybridized carbons (Fsp3) is 0.353. The Kier molecular flexibility index (Phi) is 5.02. The number of benzene rings is 1. The van der Waals surface area contributed by atoms with Crippen LogP contribution in [0, 0.1) is 11.8 Å². The van der Waals surface area contributed by atoms with Crippen molar-refractivity contribution in [1.82, 2.24) is 15.3 Å². The minimum Gasteiger partial charge on any atom is -0.444 e. The zero-order valence-corrected chi connectivity index (χ0v) is 13.4. The van der Waals surface area contributed by atoms with Gasteiger partial charge in [0.05, 0.1) is 17.2 Å². The summed E-state index contributed by atoms with van der Waals surface area (Å²) in [6.45, 7) is 5.83. The second-order valence-electron chi connectivity index (χ2n) is 5.94. The molecule has 0 fully saturated rings. The number of nitrogens with one attached hydrogen (secondary N) is 2. The zero-order valence-electron chi connectivity index (χ0n) is 13.4. The number of carbonyl (C=O) groups is 1. The summed E-state index contributed by atoms with van der Waals surface area (Å²) in [4.78, 5) is 29.7. The number of alkyl carbamates (subject to hydrolysis) is 1. The normalized spacial score (nSPS) is 10.7. The first-order chi connectivity index (χ1) is 10.8. The first-order valence-electron chi connectivity index (χ1n) is 7.28. The number of aromatic amines is 1. The van der Waals surface area contributed by atoms with E-state index in [0.717, 1.165) is 5.56 Å². The molecule has 1 aromatic carbocycles. The SMILES string of the molecule is CC(C)(C)OC(=O)NCCC#Cc1ccc2nc[nH]c(=O)c2c1. The molecule has 0 spiro atoms. The summed E-state index contributed by atoms with van der Waals surface area (Å²) in [6, 6.07) is 5.27. The number of amides is 1. The first kappa shape index (κ1) is 16.6. The molecule has 1 amide bonds. The molecule has 0 saturated carbocycles. The molecule has 1 heterocycles. The standard InChI is InChI=1S/C17H19N3O3/c1-17(2,3)23-16(22)18-9-5-4-6-12-7-8-14-13(10-12)15(21)20-11-19-14/h7-8,10-11H,5,9H2,1-3H3,(H,18,22)(H,19,20,21). The molecule has 0 bridgehead atoms. The van der Waals surface area contributed by atoms with Gasteiger partial charge in [-0.1, -0.05) is 11.8 Å². The van der Waals surface area contributed by atoms with Gasteiger partial charge in [0.1, 0.15) is 5.60 Å². The van der Waals surface area contributed by atoms with Gasteiger partial charge in [0, 0.05) is 18.5 Å². The lowest BCUT2D eigenvalue weighted by Gasteiger charge is -2.19. The fourth-order valence-electron chi connectivity index (χ4n) is 1.85. The lowest BCUT2D eigenvalue weighted by Crippen LogP contribution is -2.32. The Balaban J connectivity index is 1.91. The minimum atomic E-state index is -0.512. The van der Waals surface area contributed by atoms with Crippen molar-refractivity contribution in [2.75, 3.05) is 6.54 Å². The number of aromatic nitrogens is 2. The van der Waals surface area contributed by atoms with E-state index in [1.165, 1.54) is 6.33 Å². The van der Waals surface area contributed by atoms with Gasteiger partial charge < -0.3 is 15.0 Å². The van der Waals surface area contributed by atoms with E-state index in [2.05, 4.69) is 27.1 Å². The Bertz CT molecular complexity index is 823. The van der Waals surface area contributed by atoms with E-state index in [0.29, 0.717) is 23.9 Å². The maximum atomic E-state index is 11.7. The van der Waals surface area contributed by atoms with Crippen molar-refractivity contribution in [2.45, 2.75) is 32.8 Å². The summed E-state index contributed by atoms with van der Waals surface area (Å²) in [5.41, 5.74) is 0.659. The van der Waals surface area contributed by atoms with Crippen LogP contribution in [0.2, 0.25) is 0 Å². The highest BCUT2D eigenvalue weighted by atomic mass is 16.6. The molecule has 2 rings (SSSR count). The first-order valence-corrected chi connectivity index (χ1v) is 7.28. The molecule has 6 heteroatoms. The Morgan fingerprint density at radius 3 is 2.91 bits per heavy atom. The van der Waals surface area contributed by atoms with Gasteiger partial charge >= 0.3 is 6.09 Å². The van der Waals surface area contributed by atoms with Crippen LogP contribution in [0.5, 0.6) is 0 Å². The monoisotopic (exact) mass is 313 g/mol. The highest BCUT2D eigenvalue weighted by Gasteiger charge is 2.15. The van der Waals surface area contributed by atoms with Crippen molar-refractivity contribution in [3.8, 4) is 11.8 Å². The molecular weight excluding hydrogens is 294 g/mol. The number of hydrogen-bond donors (Lipinski definition) is 2. The molecule has 6 nitrogen and oxygen atoms in total. The number of rotatable bonds is 2. The van der Waals surface area contributed by atoms with Crippen LogP contribution in [-0.4, -0.2) is 28.2 Å². The lowest BCUT2D eigenvalue weighted by atomic mass is 10.1. The largest absolute Gasteiger partial charge is 0.444 e. The fourth-order valence-corrected chi connectivity index (χ4v) is 1.85. The van der Waals surface area contributed by atoms with E-state index in [1.54, 1.807) is 12.1 Å². The summed E-state index contributed by atoms with van der Waals surface area (Å²) in [5, 5.41) is 3.14. The molecular formula is C17H19N3O3. The topological polar surface area (TPSA) is 84.1 Å². The molecule has 120 valence electrons. The van der Waals surface area contributed by atoms with Crippen LogP contribution in [0.1, 0.15) is 32.8 Å². The van der Waals surface area contributed by atoms with Crippen molar-refractivity contribution >= 4 is 17.0 Å². The molecule has 0 aliphatic rings. The van der Waals surface area contributed by atoms with E-state index >= 15 is 0 Å². The maximum Gasteiger partial charge on any atom is 0.407 e. The molecule has 2 aromatic rings. The van der Waals surface area contributed by atoms with Gasteiger partial charge in [-0.3, -0.25) is 4.79 Å². The quantitative estimate of drug-likeness (QED) is 0.657. The molecule has 0 radical (unpaired) electrons. The van der Waals surface area contributed by atoms with E-state index < -0.39 is 11.7 Å². The summed E-state index contributed by atoms with van der Waals surface area (Å²) >= 11 is 0. The third-order valence-corrected chi connectivity index (χ3v) is 2.79. The Morgan fingerprint density at radius 1 is 1.39 bits per heavy atom. The highest BCUT2D eigenvalue weighted by molar-refractivity contribution is 5.78. The van der Waals surface area contributed by atoms with Crippen LogP contribution >= 0.6 is 0 Å². The summed E-state index contributed by atoms with van der Waals surface area (Å²) in [7, 11) is 0. The van der Waals surface area contributed by atoms with Crippen LogP contribution in [-0.2, 0) is 4.74 Å². The second kappa shape index (κ2) is 6.97. The van der Waals surface area contributed by atoms with E-state index in [4.69, 9.17) is 4.74 Å². The predicted molar refractivity (Wildman–Crippen MR) is 88.1 cm³/mol. The number of H-pyrrole nitrogens is 1. The number of ether oxygens (including phenoxy) is 1. The van der Waals surface area contributed by atoms with Gasteiger partial charge in [0.2, 0.25) is 0 Å². The zero-order chi connectivity index (χ0) is 16.9. The van der Waals surface area contributed by atoms with Crippen molar-refractivity contribution in [2.24, 2.45) is 0 Å². The molecule has 0 saturated heterocycles. The van der Waals surface area contributed by atoms with Gasteiger partial charge in [-0.25, -0.2) is 9.78 Å². The Labute approximate surface area is 134 Å². The van der Waals surface area contributed by atoms with E-state index in [-0.39, 0.29) is 5.56 Å². The van der Waals surface area contributed by atoms with Gasteiger partial charge in [-0.05, 0) is 39.0 Å². The number of fused-ring (bicyclic) bond motifs is 1. The molecule has 23 heavy (non-hydrogen) atoms. The highest BCUT2D eigenvalue weighted by Crippen LogP contribution is 2.08. The summed E-state index contributed by atoms with van der Waals surface area (Å²) in [6.07, 6.45) is 1.40. The predicted octanol–water partition coefficient (Wildman–Crippen LogP) is 2.19. The Hall–Kier alpha value is -2.81. The van der Waals surface area contributed by atoms with Gasteiger partial charge in [-0.2, -0.15) is 0 Å². The van der Waals surface area contributed by atoms with Crippen LogP contribution in [0.15, 0.2) is 29.3 Å². The number of nitrogens with zero attached hydrogens (tertiary/aromatic N) is 1. The van der Waals surface area contributed by atoms with Crippen LogP contribution < -0.4 is 10.9 Å². The maximum absolute atomic E-state index is 11.7. The summed E-state index contributed by atoms with van der Waals surface area (Å²) < 4.78 is 5.12. The van der Waals surface area contributed by atoms with Crippen molar-refractivity contribution in [3.05, 3.63) is 40.4 Å². The van der Waals surface area contributed by atoms with Gasteiger partial charge in [0.25, 0.3) is 5.56 Å². The molecule has 0 aliphatic carbocycles. The van der Waals surface area contributed by atoms with E-state index in [9.17, 15) is 9.59 Å². The smallest absolute Gasteiger partial charge is 0.407 e. The van der Waals surface area contributed by atoms with Gasteiger partial charge in [0.15, 0.2) is 0 Å². The average Bonchev–Trinajstić information content (AvgIpc) is 2.46. The van der Waals surface area contributed by atoms with Gasteiger partial charge in [-0.15, -0.1) is 0 Å². The van der Waals surface area contributed by atoms with Crippen LogP contribution in [0.4, 0.5) is 4.79 Å². The number of hydrogen-bond acceptors (Lipinski definition) is 4. The lowest BCUT2D eigenvalue weighted by molar-refractivity contribution is 0.0529. The van der Waals surface area contributed by atoms with Crippen molar-refractivity contribution in [3.63, 3.8) is 0 Å². The third kappa shape index (κ3) is 5.15. The second-order valence-corrected chi connectivity index (χ2v) is 5.94. The Morgan fingerprint density at radius 2 is 2.17 bits per heavy atom. The van der Waals surface area contributed by atoms with Crippen molar-refractivity contribution < 1.29 is 9.53 Å². The molecule has 0 atom stereocenters. The average molecular weight is 313 g/mol. The molecule has 2 N–H and O–H groups in total. The molecule has 0 unspecified atom stereocenters. The summed E-state index contributed by atoms with van der Waals surface area (Å²) in [5.74, 6) is 5.91. The van der Waals surface area contributed by atoms with Crippen LogP contribution in [0.25, 0.3) is 10.9 Å². The molecule has 1 aromatic heterocycles. The van der Waals surface area contributed by atoms with Crippen molar-refractivity contribution in [1.29, 1.82) is 0 Å².